The molecule has 1 aliphatic heterocycles. The maximum atomic E-state index is 14.9. The van der Waals surface area contributed by atoms with E-state index in [2.05, 4.69) is 9.47 Å². The summed E-state index contributed by atoms with van der Waals surface area (Å²) in [6.07, 6.45) is -22.8. The predicted octanol–water partition coefficient (Wildman–Crippen LogP) is 5.89. The van der Waals surface area contributed by atoms with E-state index in [1.54, 1.807) is 0 Å². The number of carbonyl (C=O) groups is 2. The largest absolute Gasteiger partial charge is 0.466 e. The topological polar surface area (TPSA) is 64.6 Å². The monoisotopic (exact) mass is 575 g/mol. The van der Waals surface area contributed by atoms with Crippen molar-refractivity contribution in [2.45, 2.75) is 37.5 Å². The zero-order valence-corrected chi connectivity index (χ0v) is 18.9. The minimum absolute atomic E-state index is 0.325. The molecule has 0 amide bonds. The van der Waals surface area contributed by atoms with Gasteiger partial charge in [0.25, 0.3) is 6.10 Å². The van der Waals surface area contributed by atoms with Gasteiger partial charge in [0.1, 0.15) is 12.5 Å². The summed E-state index contributed by atoms with van der Waals surface area (Å²) < 4.78 is 156. The summed E-state index contributed by atoms with van der Waals surface area (Å²) in [5.41, 5.74) is -8.23. The van der Waals surface area contributed by atoms with Crippen LogP contribution in [0.3, 0.4) is 0 Å². The second-order valence-corrected chi connectivity index (χ2v) is 7.71. The molecule has 0 aliphatic carbocycles. The third kappa shape index (κ3) is 6.10. The molecule has 0 bridgehead atoms. The molecule has 5 nitrogen and oxygen atoms in total. The average Bonchev–Trinajstić information content (AvgIpc) is 2.74. The van der Waals surface area contributed by atoms with Crippen LogP contribution < -0.4 is 5.32 Å². The van der Waals surface area contributed by atoms with Gasteiger partial charge in [-0.25, -0.2) is 18.4 Å². The molecule has 1 atom stereocenters. The molecule has 2 rings (SSSR count). The fourth-order valence-electron chi connectivity index (χ4n) is 3.54. The first-order valence-corrected chi connectivity index (χ1v) is 9.89. The Balaban J connectivity index is 2.95. The molecule has 17 heteroatoms. The quantitative estimate of drug-likeness (QED) is 0.350. The second kappa shape index (κ2) is 10.4. The van der Waals surface area contributed by atoms with Crippen LogP contribution in [0.1, 0.15) is 24.0 Å². The number of allylic oxidation sites excluding steroid dienone is 2. The van der Waals surface area contributed by atoms with E-state index in [0.29, 0.717) is 19.2 Å². The Morgan fingerprint density at radius 1 is 1.00 bits per heavy atom. The number of halogens is 12. The van der Waals surface area contributed by atoms with Gasteiger partial charge in [-0.15, -0.1) is 0 Å². The summed E-state index contributed by atoms with van der Waals surface area (Å²) in [6.45, 7) is -0.961. The van der Waals surface area contributed by atoms with Gasteiger partial charge in [-0.05, 0) is 19.1 Å². The van der Waals surface area contributed by atoms with Crippen molar-refractivity contribution in [1.29, 1.82) is 0 Å². The van der Waals surface area contributed by atoms with Crippen LogP contribution in [0.5, 0.6) is 0 Å². The van der Waals surface area contributed by atoms with Gasteiger partial charge in [0.2, 0.25) is 0 Å². The van der Waals surface area contributed by atoms with Gasteiger partial charge in [-0.1, -0.05) is 11.6 Å². The third-order valence-corrected chi connectivity index (χ3v) is 5.25. The molecule has 0 spiro atoms. The van der Waals surface area contributed by atoms with E-state index < -0.39 is 93.7 Å². The predicted molar refractivity (Wildman–Crippen MR) is 102 cm³/mol. The van der Waals surface area contributed by atoms with Gasteiger partial charge < -0.3 is 14.8 Å². The van der Waals surface area contributed by atoms with Gasteiger partial charge >= 0.3 is 30.5 Å². The van der Waals surface area contributed by atoms with Crippen molar-refractivity contribution in [2.75, 3.05) is 13.8 Å². The van der Waals surface area contributed by atoms with Crippen molar-refractivity contribution in [3.8, 4) is 0 Å². The van der Waals surface area contributed by atoms with E-state index in [0.717, 1.165) is 6.92 Å². The maximum absolute atomic E-state index is 14.9. The van der Waals surface area contributed by atoms with E-state index in [1.807, 2.05) is 5.32 Å². The highest BCUT2D eigenvalue weighted by Gasteiger charge is 2.60. The van der Waals surface area contributed by atoms with Gasteiger partial charge in [-0.3, -0.25) is 0 Å². The Hall–Kier alpha value is -3.04. The summed E-state index contributed by atoms with van der Waals surface area (Å²) in [5.74, 6) is -8.84. The van der Waals surface area contributed by atoms with Gasteiger partial charge in [0, 0.05) is 11.3 Å². The molecule has 1 heterocycles. The molecule has 1 aromatic carbocycles. The zero-order chi connectivity index (χ0) is 28.7. The lowest BCUT2D eigenvalue weighted by atomic mass is 9.78. The fourth-order valence-corrected chi connectivity index (χ4v) is 3.81. The third-order valence-electron chi connectivity index (χ3n) is 4.94. The molecule has 206 valence electrons. The number of alkyl halides is 10. The number of nitrogens with one attached hydrogen (secondary N) is 1. The van der Waals surface area contributed by atoms with Crippen LogP contribution in [0, 0.1) is 5.82 Å². The Morgan fingerprint density at radius 2 is 1.54 bits per heavy atom. The first kappa shape index (κ1) is 30.2. The van der Waals surface area contributed by atoms with Crippen LogP contribution in [-0.4, -0.2) is 44.2 Å². The number of ether oxygens (including phenoxy) is 2. The summed E-state index contributed by atoms with van der Waals surface area (Å²) in [5, 5.41) is 0.768. The molecule has 1 unspecified atom stereocenters. The Morgan fingerprint density at radius 3 is 1.97 bits per heavy atom. The Labute approximate surface area is 204 Å². The second-order valence-electron chi connectivity index (χ2n) is 7.30. The van der Waals surface area contributed by atoms with Crippen LogP contribution in [-0.2, 0) is 25.2 Å². The van der Waals surface area contributed by atoms with E-state index >= 15 is 0 Å². The molecular formula is C20H13ClF11NO4. The number of rotatable bonds is 5. The fraction of sp³-hybridized carbons (Fsp3) is 0.400. The normalized spacial score (nSPS) is 17.2. The average molecular weight is 576 g/mol. The van der Waals surface area contributed by atoms with Crippen molar-refractivity contribution in [1.82, 2.24) is 5.32 Å². The highest BCUT2D eigenvalue weighted by Crippen LogP contribution is 2.48. The number of hydrogen-bond donors (Lipinski definition) is 1. The lowest BCUT2D eigenvalue weighted by Crippen LogP contribution is -2.46. The van der Waals surface area contributed by atoms with Gasteiger partial charge in [0.15, 0.2) is 0 Å². The standard InChI is InChI=1S/C20H13ClF11NO4/c1-6-10(16(35)37-17(19(27,28)29)20(30,31)32)13(12(15(34)36-2)9(5-22)33-6)11-8(23)4-3-7(21)14(11)18(24,25)26/h3-4,13,17,33H,5H2,1-2H3. The smallest absolute Gasteiger partial charge is 0.434 e. The maximum Gasteiger partial charge on any atom is 0.434 e. The molecule has 0 saturated heterocycles. The molecule has 37 heavy (non-hydrogen) atoms. The molecule has 1 aromatic rings. The highest BCUT2D eigenvalue weighted by atomic mass is 35.5. The van der Waals surface area contributed by atoms with Crippen molar-refractivity contribution in [3.05, 3.63) is 56.6 Å². The summed E-state index contributed by atoms with van der Waals surface area (Å²) in [4.78, 5) is 25.1. The minimum Gasteiger partial charge on any atom is -0.466 e. The van der Waals surface area contributed by atoms with E-state index in [4.69, 9.17) is 11.6 Å². The van der Waals surface area contributed by atoms with E-state index in [1.165, 1.54) is 0 Å². The number of esters is 2. The first-order valence-electron chi connectivity index (χ1n) is 9.51. The van der Waals surface area contributed by atoms with Crippen molar-refractivity contribution < 1.29 is 67.4 Å². The molecule has 0 aromatic heterocycles. The summed E-state index contributed by atoms with van der Waals surface area (Å²) >= 11 is 5.57. The molecule has 1 N–H and O–H groups in total. The van der Waals surface area contributed by atoms with Crippen LogP contribution in [0.15, 0.2) is 34.7 Å². The van der Waals surface area contributed by atoms with Crippen molar-refractivity contribution in [2.24, 2.45) is 0 Å². The van der Waals surface area contributed by atoms with Crippen LogP contribution in [0.2, 0.25) is 5.02 Å². The number of methoxy groups -OCH3 is 1. The van der Waals surface area contributed by atoms with Gasteiger partial charge in [-0.2, -0.15) is 39.5 Å². The molecular weight excluding hydrogens is 563 g/mol. The molecule has 1 aliphatic rings. The van der Waals surface area contributed by atoms with Crippen LogP contribution in [0.25, 0.3) is 0 Å². The number of carbonyl (C=O) groups excluding carboxylic acids is 2. The van der Waals surface area contributed by atoms with Crippen LogP contribution in [0.4, 0.5) is 48.3 Å². The van der Waals surface area contributed by atoms with Crippen molar-refractivity contribution >= 4 is 23.5 Å². The van der Waals surface area contributed by atoms with Crippen LogP contribution >= 0.6 is 11.6 Å². The lowest BCUT2D eigenvalue weighted by Gasteiger charge is -2.33. The zero-order valence-electron chi connectivity index (χ0n) is 18.2. The van der Waals surface area contributed by atoms with Crippen molar-refractivity contribution in [3.63, 3.8) is 0 Å². The first-order chi connectivity index (χ1) is 16.8. The lowest BCUT2D eigenvalue weighted by molar-refractivity contribution is -0.312. The SMILES string of the molecule is COC(=O)C1=C(CF)NC(C)=C(C(=O)OC(C(F)(F)F)C(F)(F)F)C1c1c(F)ccc(Cl)c1C(F)(F)F. The summed E-state index contributed by atoms with van der Waals surface area (Å²) in [7, 11) is 0.633. The highest BCUT2D eigenvalue weighted by molar-refractivity contribution is 6.31. The molecule has 0 saturated carbocycles. The number of dihydropyridines is 1. The van der Waals surface area contributed by atoms with E-state index in [-0.39, 0.29) is 0 Å². The number of hydrogen-bond acceptors (Lipinski definition) is 5. The molecule has 0 fully saturated rings. The van der Waals surface area contributed by atoms with Gasteiger partial charge in [0.05, 0.1) is 40.5 Å². The minimum atomic E-state index is -6.23. The Bertz CT molecular complexity index is 1140. The Kier molecular flexibility index (Phi) is 8.47. The summed E-state index contributed by atoms with van der Waals surface area (Å²) in [6, 6.07) is 0.741. The molecule has 0 radical (unpaired) electrons. The van der Waals surface area contributed by atoms with E-state index in [9.17, 15) is 57.9 Å². The number of benzene rings is 1.